The maximum absolute atomic E-state index is 6.12. The lowest BCUT2D eigenvalue weighted by Crippen LogP contribution is -2.20. The van der Waals surface area contributed by atoms with Gasteiger partial charge in [-0.1, -0.05) is 17.7 Å². The SMILES string of the molecule is CCN(c1ccc(C)cc1)c1c(N)c(C)nn1C. The van der Waals surface area contributed by atoms with Crippen LogP contribution in [0, 0.1) is 13.8 Å². The van der Waals surface area contributed by atoms with Gasteiger partial charge in [0, 0.05) is 19.3 Å². The van der Waals surface area contributed by atoms with Gasteiger partial charge in [0.25, 0.3) is 0 Å². The molecule has 0 spiro atoms. The number of nitrogens with zero attached hydrogens (tertiary/aromatic N) is 3. The summed E-state index contributed by atoms with van der Waals surface area (Å²) in [6.45, 7) is 6.98. The van der Waals surface area contributed by atoms with Crippen LogP contribution in [0.2, 0.25) is 0 Å². The highest BCUT2D eigenvalue weighted by molar-refractivity contribution is 5.73. The van der Waals surface area contributed by atoms with Crippen molar-refractivity contribution in [2.24, 2.45) is 7.05 Å². The van der Waals surface area contributed by atoms with Crippen LogP contribution in [0.15, 0.2) is 24.3 Å². The number of anilines is 3. The van der Waals surface area contributed by atoms with Crippen molar-refractivity contribution in [1.82, 2.24) is 9.78 Å². The molecule has 0 bridgehead atoms. The number of benzene rings is 1. The topological polar surface area (TPSA) is 47.1 Å². The zero-order valence-electron chi connectivity index (χ0n) is 11.4. The molecule has 0 aliphatic carbocycles. The van der Waals surface area contributed by atoms with Crippen LogP contribution < -0.4 is 10.6 Å². The van der Waals surface area contributed by atoms with E-state index in [0.29, 0.717) is 0 Å². The van der Waals surface area contributed by atoms with Gasteiger partial charge < -0.3 is 10.6 Å². The molecule has 1 aromatic carbocycles. The Morgan fingerprint density at radius 1 is 1.22 bits per heavy atom. The summed E-state index contributed by atoms with van der Waals surface area (Å²) in [4.78, 5) is 2.18. The fourth-order valence-corrected chi connectivity index (χ4v) is 2.16. The Morgan fingerprint density at radius 3 is 2.28 bits per heavy atom. The molecule has 0 fully saturated rings. The third kappa shape index (κ3) is 2.06. The smallest absolute Gasteiger partial charge is 0.154 e. The van der Waals surface area contributed by atoms with Gasteiger partial charge in [0.1, 0.15) is 0 Å². The molecule has 0 saturated heterocycles. The number of nitrogens with two attached hydrogens (primary N) is 1. The summed E-state index contributed by atoms with van der Waals surface area (Å²) in [7, 11) is 1.93. The Kier molecular flexibility index (Phi) is 3.28. The number of aromatic nitrogens is 2. The van der Waals surface area contributed by atoms with Gasteiger partial charge in [-0.05, 0) is 32.9 Å². The Balaban J connectivity index is 2.48. The summed E-state index contributed by atoms with van der Waals surface area (Å²) in [6.07, 6.45) is 0. The summed E-state index contributed by atoms with van der Waals surface area (Å²) >= 11 is 0. The average molecular weight is 244 g/mol. The van der Waals surface area contributed by atoms with Crippen LogP contribution in [0.25, 0.3) is 0 Å². The largest absolute Gasteiger partial charge is 0.394 e. The molecular weight excluding hydrogens is 224 g/mol. The second-order valence-electron chi connectivity index (χ2n) is 4.53. The molecule has 1 aromatic heterocycles. The molecule has 0 saturated carbocycles. The van der Waals surface area contributed by atoms with Crippen LogP contribution in [0.1, 0.15) is 18.2 Å². The molecule has 0 atom stereocenters. The van der Waals surface area contributed by atoms with E-state index < -0.39 is 0 Å². The van der Waals surface area contributed by atoms with Crippen LogP contribution >= 0.6 is 0 Å². The molecule has 4 heteroatoms. The molecule has 0 aliphatic heterocycles. The van der Waals surface area contributed by atoms with Gasteiger partial charge in [0.2, 0.25) is 0 Å². The fraction of sp³-hybridized carbons (Fsp3) is 0.357. The fourth-order valence-electron chi connectivity index (χ4n) is 2.16. The first kappa shape index (κ1) is 12.5. The highest BCUT2D eigenvalue weighted by Gasteiger charge is 2.17. The molecule has 2 N–H and O–H groups in total. The molecule has 2 rings (SSSR count). The first-order chi connectivity index (χ1) is 8.54. The lowest BCUT2D eigenvalue weighted by Gasteiger charge is -2.23. The summed E-state index contributed by atoms with van der Waals surface area (Å²) < 4.78 is 1.84. The number of hydrogen-bond acceptors (Lipinski definition) is 3. The number of aryl methyl sites for hydroxylation is 3. The van der Waals surface area contributed by atoms with E-state index in [0.717, 1.165) is 29.4 Å². The average Bonchev–Trinajstić information content (AvgIpc) is 2.59. The molecule has 2 aromatic rings. The molecule has 0 radical (unpaired) electrons. The molecular formula is C14H20N4. The molecule has 0 aliphatic rings. The van der Waals surface area contributed by atoms with Gasteiger partial charge in [-0.3, -0.25) is 4.68 Å². The van der Waals surface area contributed by atoms with Crippen LogP contribution in [-0.4, -0.2) is 16.3 Å². The van der Waals surface area contributed by atoms with Crippen LogP contribution in [0.4, 0.5) is 17.2 Å². The Labute approximate surface area is 108 Å². The van der Waals surface area contributed by atoms with E-state index in [-0.39, 0.29) is 0 Å². The quantitative estimate of drug-likeness (QED) is 0.903. The van der Waals surface area contributed by atoms with E-state index >= 15 is 0 Å². The first-order valence-corrected chi connectivity index (χ1v) is 6.18. The standard InChI is InChI=1S/C14H20N4/c1-5-18(12-8-6-10(2)7-9-12)14-13(15)11(3)16-17(14)4/h6-9H,5,15H2,1-4H3. The van der Waals surface area contributed by atoms with E-state index in [9.17, 15) is 0 Å². The molecule has 1 heterocycles. The van der Waals surface area contributed by atoms with Gasteiger partial charge in [0.15, 0.2) is 5.82 Å². The molecule has 4 nitrogen and oxygen atoms in total. The molecule has 96 valence electrons. The van der Waals surface area contributed by atoms with Crippen molar-refractivity contribution >= 4 is 17.2 Å². The Morgan fingerprint density at radius 2 is 1.83 bits per heavy atom. The van der Waals surface area contributed by atoms with Gasteiger partial charge in [-0.15, -0.1) is 0 Å². The van der Waals surface area contributed by atoms with Gasteiger partial charge >= 0.3 is 0 Å². The van der Waals surface area contributed by atoms with E-state index in [1.54, 1.807) is 0 Å². The van der Waals surface area contributed by atoms with Gasteiger partial charge in [-0.25, -0.2) is 0 Å². The minimum atomic E-state index is 0.750. The van der Waals surface area contributed by atoms with Crippen molar-refractivity contribution in [1.29, 1.82) is 0 Å². The number of hydrogen-bond donors (Lipinski definition) is 1. The zero-order chi connectivity index (χ0) is 13.3. The monoisotopic (exact) mass is 244 g/mol. The van der Waals surface area contributed by atoms with Gasteiger partial charge in [0.05, 0.1) is 11.4 Å². The second-order valence-corrected chi connectivity index (χ2v) is 4.53. The predicted octanol–water partition coefficient (Wildman–Crippen LogP) is 2.78. The van der Waals surface area contributed by atoms with Crippen LogP contribution in [0.5, 0.6) is 0 Å². The van der Waals surface area contributed by atoms with Crippen LogP contribution in [0.3, 0.4) is 0 Å². The summed E-state index contributed by atoms with van der Waals surface area (Å²) in [5, 5.41) is 4.37. The Bertz CT molecular complexity index is 540. The summed E-state index contributed by atoms with van der Waals surface area (Å²) in [6, 6.07) is 8.44. The van der Waals surface area contributed by atoms with Gasteiger partial charge in [-0.2, -0.15) is 5.10 Å². The number of nitrogen functional groups attached to an aromatic ring is 1. The normalized spacial score (nSPS) is 10.7. The lowest BCUT2D eigenvalue weighted by atomic mass is 10.2. The molecule has 18 heavy (non-hydrogen) atoms. The van der Waals surface area contributed by atoms with Crippen molar-refractivity contribution in [3.8, 4) is 0 Å². The van der Waals surface area contributed by atoms with E-state index in [1.807, 2.05) is 18.7 Å². The maximum Gasteiger partial charge on any atom is 0.154 e. The first-order valence-electron chi connectivity index (χ1n) is 6.18. The number of rotatable bonds is 3. The third-order valence-corrected chi connectivity index (χ3v) is 3.15. The van der Waals surface area contributed by atoms with Crippen LogP contribution in [-0.2, 0) is 7.05 Å². The van der Waals surface area contributed by atoms with Crippen molar-refractivity contribution in [3.63, 3.8) is 0 Å². The predicted molar refractivity (Wildman–Crippen MR) is 76.2 cm³/mol. The summed E-state index contributed by atoms with van der Waals surface area (Å²) in [5.74, 6) is 0.957. The molecule has 0 unspecified atom stereocenters. The maximum atomic E-state index is 6.12. The molecule has 0 amide bonds. The van der Waals surface area contributed by atoms with Crippen molar-refractivity contribution in [3.05, 3.63) is 35.5 Å². The second kappa shape index (κ2) is 4.72. The third-order valence-electron chi connectivity index (χ3n) is 3.15. The highest BCUT2D eigenvalue weighted by Crippen LogP contribution is 2.31. The van der Waals surface area contributed by atoms with Crippen molar-refractivity contribution in [2.75, 3.05) is 17.2 Å². The summed E-state index contributed by atoms with van der Waals surface area (Å²) in [5.41, 5.74) is 10.1. The van der Waals surface area contributed by atoms with Crippen molar-refractivity contribution < 1.29 is 0 Å². The zero-order valence-corrected chi connectivity index (χ0v) is 11.4. The van der Waals surface area contributed by atoms with Crippen molar-refractivity contribution in [2.45, 2.75) is 20.8 Å². The Hall–Kier alpha value is -1.97. The highest BCUT2D eigenvalue weighted by atomic mass is 15.4. The minimum Gasteiger partial charge on any atom is -0.394 e. The van der Waals surface area contributed by atoms with E-state index in [4.69, 9.17) is 5.73 Å². The minimum absolute atomic E-state index is 0.750. The lowest BCUT2D eigenvalue weighted by molar-refractivity contribution is 0.742. The van der Waals surface area contributed by atoms with E-state index in [2.05, 4.69) is 48.1 Å². The van der Waals surface area contributed by atoms with E-state index in [1.165, 1.54) is 5.56 Å².